The number of esters is 1. The molecule has 1 atom stereocenters. The van der Waals surface area contributed by atoms with Gasteiger partial charge in [0.25, 0.3) is 0 Å². The Morgan fingerprint density at radius 1 is 1.47 bits per heavy atom. The Bertz CT molecular complexity index is 252. The van der Waals surface area contributed by atoms with E-state index in [1.54, 1.807) is 0 Å². The van der Waals surface area contributed by atoms with Crippen molar-refractivity contribution in [3.8, 4) is 0 Å². The van der Waals surface area contributed by atoms with Crippen molar-refractivity contribution in [2.24, 2.45) is 0 Å². The monoisotopic (exact) mass is 233 g/mol. The first-order valence-electron chi connectivity index (χ1n) is 4.07. The molecule has 0 aromatic heterocycles. The second-order valence-corrected chi connectivity index (χ2v) is 3.18. The van der Waals surface area contributed by atoms with Gasteiger partial charge >= 0.3 is 18.1 Å². The van der Waals surface area contributed by atoms with Crippen molar-refractivity contribution in [1.29, 1.82) is 0 Å². The molecule has 0 aliphatic carbocycles. The van der Waals surface area contributed by atoms with Crippen LogP contribution in [0.1, 0.15) is 6.42 Å². The maximum atomic E-state index is 12.5. The van der Waals surface area contributed by atoms with Crippen molar-refractivity contribution in [1.82, 2.24) is 5.32 Å². The maximum Gasteiger partial charge on any atom is 0.401 e. The van der Waals surface area contributed by atoms with E-state index in [1.807, 2.05) is 5.32 Å². The summed E-state index contributed by atoms with van der Waals surface area (Å²) in [6.45, 7) is -1.73. The number of carbonyl (C=O) groups excluding carboxylic acids is 1. The minimum absolute atomic E-state index is 0.430. The lowest BCUT2D eigenvalue weighted by Crippen LogP contribution is -2.34. The summed E-state index contributed by atoms with van der Waals surface area (Å²) in [5, 5.41) is 1.89. The normalized spacial score (nSPS) is 25.4. The summed E-state index contributed by atoms with van der Waals surface area (Å²) < 4.78 is 64.1. The SMILES string of the molecule is O=C1OC(CNCC(F)(F)F)CC1(F)F. The Hall–Kier alpha value is -0.920. The number of hydrogen-bond acceptors (Lipinski definition) is 3. The highest BCUT2D eigenvalue weighted by molar-refractivity contribution is 5.79. The first-order valence-corrected chi connectivity index (χ1v) is 4.07. The molecule has 0 aromatic carbocycles. The zero-order chi connectivity index (χ0) is 11.7. The maximum absolute atomic E-state index is 12.5. The summed E-state index contributed by atoms with van der Waals surface area (Å²) in [5.74, 6) is -5.26. The van der Waals surface area contributed by atoms with E-state index < -0.39 is 43.7 Å². The van der Waals surface area contributed by atoms with Gasteiger partial charge in [-0.15, -0.1) is 0 Å². The van der Waals surface area contributed by atoms with Crippen molar-refractivity contribution in [3.05, 3.63) is 0 Å². The van der Waals surface area contributed by atoms with Crippen molar-refractivity contribution >= 4 is 5.97 Å². The van der Waals surface area contributed by atoms with Gasteiger partial charge in [0.1, 0.15) is 6.10 Å². The van der Waals surface area contributed by atoms with Crippen molar-refractivity contribution in [2.75, 3.05) is 13.1 Å². The zero-order valence-corrected chi connectivity index (χ0v) is 7.40. The van der Waals surface area contributed by atoms with E-state index in [0.717, 1.165) is 0 Å². The summed E-state index contributed by atoms with van der Waals surface area (Å²) >= 11 is 0. The molecule has 88 valence electrons. The molecule has 0 saturated carbocycles. The molecular weight excluding hydrogens is 225 g/mol. The van der Waals surface area contributed by atoms with Crippen LogP contribution in [0.25, 0.3) is 0 Å². The molecule has 1 fully saturated rings. The third-order valence-electron chi connectivity index (χ3n) is 1.75. The average Bonchev–Trinajstić information content (AvgIpc) is 2.23. The minimum atomic E-state index is -4.41. The Balaban J connectivity index is 2.28. The highest BCUT2D eigenvalue weighted by atomic mass is 19.4. The zero-order valence-electron chi connectivity index (χ0n) is 7.40. The number of ether oxygens (including phenoxy) is 1. The van der Waals surface area contributed by atoms with Crippen molar-refractivity contribution in [3.63, 3.8) is 0 Å². The van der Waals surface area contributed by atoms with E-state index in [-0.39, 0.29) is 0 Å². The first kappa shape index (κ1) is 12.2. The van der Waals surface area contributed by atoms with Crippen LogP contribution in [-0.2, 0) is 9.53 Å². The first-order chi connectivity index (χ1) is 6.71. The van der Waals surface area contributed by atoms with Gasteiger partial charge in [-0.05, 0) is 0 Å². The lowest BCUT2D eigenvalue weighted by molar-refractivity contribution is -0.159. The fourth-order valence-electron chi connectivity index (χ4n) is 1.14. The van der Waals surface area contributed by atoms with E-state index in [4.69, 9.17) is 0 Å². The Kier molecular flexibility index (Phi) is 3.17. The van der Waals surface area contributed by atoms with Crippen LogP contribution in [0.3, 0.4) is 0 Å². The summed E-state index contributed by atoms with van der Waals surface area (Å²) in [5.41, 5.74) is 0. The highest BCUT2D eigenvalue weighted by Gasteiger charge is 2.50. The van der Waals surface area contributed by atoms with Crippen LogP contribution >= 0.6 is 0 Å². The molecule has 1 aliphatic heterocycles. The minimum Gasteiger partial charge on any atom is -0.456 e. The number of cyclic esters (lactones) is 1. The van der Waals surface area contributed by atoms with Crippen LogP contribution < -0.4 is 5.32 Å². The van der Waals surface area contributed by atoms with Crippen LogP contribution in [0.4, 0.5) is 22.0 Å². The van der Waals surface area contributed by atoms with Gasteiger partial charge in [0.2, 0.25) is 0 Å². The van der Waals surface area contributed by atoms with Crippen LogP contribution in [0.15, 0.2) is 0 Å². The van der Waals surface area contributed by atoms with Gasteiger partial charge in [-0.1, -0.05) is 0 Å². The van der Waals surface area contributed by atoms with Gasteiger partial charge in [0.05, 0.1) is 13.0 Å². The van der Waals surface area contributed by atoms with Crippen molar-refractivity contribution in [2.45, 2.75) is 24.6 Å². The van der Waals surface area contributed by atoms with E-state index in [1.165, 1.54) is 0 Å². The number of carbonyl (C=O) groups is 1. The average molecular weight is 233 g/mol. The van der Waals surface area contributed by atoms with E-state index in [9.17, 15) is 26.7 Å². The topological polar surface area (TPSA) is 38.3 Å². The summed E-state index contributed by atoms with van der Waals surface area (Å²) in [6.07, 6.45) is -6.49. The second kappa shape index (κ2) is 3.92. The highest BCUT2D eigenvalue weighted by Crippen LogP contribution is 2.30. The number of halogens is 5. The predicted molar refractivity (Wildman–Crippen MR) is 38.4 cm³/mol. The molecule has 1 unspecified atom stereocenters. The number of nitrogens with one attached hydrogen (secondary N) is 1. The number of hydrogen-bond donors (Lipinski definition) is 1. The summed E-state index contributed by atoms with van der Waals surface area (Å²) in [7, 11) is 0. The molecule has 1 heterocycles. The Labute approximate surface area is 81.6 Å². The molecular formula is C7H8F5NO2. The summed E-state index contributed by atoms with van der Waals surface area (Å²) in [4.78, 5) is 10.4. The Morgan fingerprint density at radius 3 is 2.47 bits per heavy atom. The lowest BCUT2D eigenvalue weighted by Gasteiger charge is -2.11. The van der Waals surface area contributed by atoms with Gasteiger partial charge in [-0.25, -0.2) is 4.79 Å². The van der Waals surface area contributed by atoms with Crippen LogP contribution in [-0.4, -0.2) is 37.3 Å². The molecule has 1 aliphatic rings. The second-order valence-electron chi connectivity index (χ2n) is 3.18. The van der Waals surface area contributed by atoms with E-state index in [0.29, 0.717) is 0 Å². The molecule has 0 bridgehead atoms. The molecule has 3 nitrogen and oxygen atoms in total. The fraction of sp³-hybridized carbons (Fsp3) is 0.857. The molecule has 15 heavy (non-hydrogen) atoms. The molecule has 0 spiro atoms. The standard InChI is InChI=1S/C7H8F5NO2/c8-6(9)1-4(15-5(6)14)2-13-3-7(10,11)12/h4,13H,1-3H2. The molecule has 8 heteroatoms. The molecule has 1 N–H and O–H groups in total. The van der Waals surface area contributed by atoms with Crippen molar-refractivity contribution < 1.29 is 31.5 Å². The summed E-state index contributed by atoms with van der Waals surface area (Å²) in [6, 6.07) is 0. The van der Waals surface area contributed by atoms with Gasteiger partial charge in [0, 0.05) is 6.54 Å². The van der Waals surface area contributed by atoms with Crippen LogP contribution in [0.5, 0.6) is 0 Å². The largest absolute Gasteiger partial charge is 0.456 e. The quantitative estimate of drug-likeness (QED) is 0.585. The number of rotatable bonds is 3. The van der Waals surface area contributed by atoms with Gasteiger partial charge < -0.3 is 10.1 Å². The number of alkyl halides is 5. The predicted octanol–water partition coefficient (Wildman–Crippen LogP) is 1.09. The Morgan fingerprint density at radius 2 is 2.07 bits per heavy atom. The fourth-order valence-corrected chi connectivity index (χ4v) is 1.14. The molecule has 0 radical (unpaired) electrons. The van der Waals surface area contributed by atoms with Gasteiger partial charge in [-0.3, -0.25) is 0 Å². The van der Waals surface area contributed by atoms with Gasteiger partial charge in [0.15, 0.2) is 0 Å². The third kappa shape index (κ3) is 3.61. The molecule has 0 amide bonds. The molecule has 1 rings (SSSR count). The molecule has 1 saturated heterocycles. The third-order valence-corrected chi connectivity index (χ3v) is 1.75. The van der Waals surface area contributed by atoms with E-state index in [2.05, 4.69) is 4.74 Å². The lowest BCUT2D eigenvalue weighted by atomic mass is 10.2. The van der Waals surface area contributed by atoms with Crippen LogP contribution in [0, 0.1) is 0 Å². The van der Waals surface area contributed by atoms with E-state index >= 15 is 0 Å². The molecule has 0 aromatic rings. The smallest absolute Gasteiger partial charge is 0.401 e. The van der Waals surface area contributed by atoms with Gasteiger partial charge in [-0.2, -0.15) is 22.0 Å². The van der Waals surface area contributed by atoms with Crippen LogP contribution in [0.2, 0.25) is 0 Å².